The molecule has 0 spiro atoms. The number of hydroxylamine groups is 2. The lowest BCUT2D eigenvalue weighted by molar-refractivity contribution is -0.399. The molecule has 7 nitrogen and oxygen atoms in total. The van der Waals surface area contributed by atoms with E-state index in [2.05, 4.69) is 0 Å². The maximum Gasteiger partial charge on any atom is 0.307 e. The van der Waals surface area contributed by atoms with E-state index in [1.54, 1.807) is 6.92 Å². The molecule has 2 fully saturated rings. The first kappa shape index (κ1) is 12.3. The lowest BCUT2D eigenvalue weighted by Gasteiger charge is -2.38. The SMILES string of the molecule is CON(C)C(=O)[C@H]1CC(=O)O[C@H]1C1OC(C)O1. The third-order valence-electron chi connectivity index (χ3n) is 2.87. The number of esters is 1. The number of rotatable bonds is 3. The number of nitrogens with zero attached hydrogens (tertiary/aromatic N) is 1. The molecule has 2 aliphatic rings. The van der Waals surface area contributed by atoms with Crippen LogP contribution in [0.5, 0.6) is 0 Å². The van der Waals surface area contributed by atoms with Crippen LogP contribution in [0.4, 0.5) is 0 Å². The summed E-state index contributed by atoms with van der Waals surface area (Å²) >= 11 is 0. The van der Waals surface area contributed by atoms with E-state index in [9.17, 15) is 9.59 Å². The first-order valence-corrected chi connectivity index (χ1v) is 5.35. The summed E-state index contributed by atoms with van der Waals surface area (Å²) in [6.07, 6.45) is -1.65. The number of carbonyl (C=O) groups excluding carboxylic acids is 2. The first-order chi connectivity index (χ1) is 8.02. The molecule has 0 aromatic carbocycles. The number of hydrogen-bond donors (Lipinski definition) is 0. The van der Waals surface area contributed by atoms with Gasteiger partial charge in [-0.2, -0.15) is 0 Å². The predicted molar refractivity (Wildman–Crippen MR) is 53.2 cm³/mol. The summed E-state index contributed by atoms with van der Waals surface area (Å²) in [6, 6.07) is 0. The molecule has 2 atom stereocenters. The average Bonchev–Trinajstić information content (AvgIpc) is 2.64. The van der Waals surface area contributed by atoms with Crippen molar-refractivity contribution >= 4 is 11.9 Å². The lowest BCUT2D eigenvalue weighted by atomic mass is 9.99. The molecular formula is C10H15NO6. The molecule has 0 saturated carbocycles. The highest BCUT2D eigenvalue weighted by atomic mass is 16.9. The Morgan fingerprint density at radius 3 is 2.65 bits per heavy atom. The van der Waals surface area contributed by atoms with Crippen molar-refractivity contribution in [2.24, 2.45) is 5.92 Å². The number of cyclic esters (lactones) is 1. The van der Waals surface area contributed by atoms with Crippen molar-refractivity contribution in [2.75, 3.05) is 14.2 Å². The quantitative estimate of drug-likeness (QED) is 0.500. The molecule has 0 aliphatic carbocycles. The molecule has 0 aromatic rings. The van der Waals surface area contributed by atoms with Crippen LogP contribution in [0.15, 0.2) is 0 Å². The molecule has 1 amide bonds. The Labute approximate surface area is 98.5 Å². The highest BCUT2D eigenvalue weighted by Crippen LogP contribution is 2.33. The average molecular weight is 245 g/mol. The van der Waals surface area contributed by atoms with Crippen LogP contribution in [0.3, 0.4) is 0 Å². The van der Waals surface area contributed by atoms with Gasteiger partial charge in [0.2, 0.25) is 6.29 Å². The van der Waals surface area contributed by atoms with Crippen molar-refractivity contribution in [2.45, 2.75) is 32.0 Å². The van der Waals surface area contributed by atoms with Gasteiger partial charge in [0.25, 0.3) is 5.91 Å². The van der Waals surface area contributed by atoms with Crippen LogP contribution in [-0.2, 0) is 28.6 Å². The van der Waals surface area contributed by atoms with Crippen molar-refractivity contribution in [3.8, 4) is 0 Å². The summed E-state index contributed by atoms with van der Waals surface area (Å²) in [6.45, 7) is 1.73. The zero-order chi connectivity index (χ0) is 12.6. The van der Waals surface area contributed by atoms with E-state index >= 15 is 0 Å². The molecule has 0 radical (unpaired) electrons. The van der Waals surface area contributed by atoms with Gasteiger partial charge in [-0.15, -0.1) is 0 Å². The van der Waals surface area contributed by atoms with Crippen LogP contribution in [0.25, 0.3) is 0 Å². The molecule has 0 bridgehead atoms. The van der Waals surface area contributed by atoms with Gasteiger partial charge in [-0.05, 0) is 6.92 Å². The van der Waals surface area contributed by atoms with Crippen LogP contribution in [-0.4, -0.2) is 49.8 Å². The molecule has 0 unspecified atom stereocenters. The minimum atomic E-state index is -0.691. The fraction of sp³-hybridized carbons (Fsp3) is 0.800. The van der Waals surface area contributed by atoms with E-state index in [-0.39, 0.29) is 18.6 Å². The van der Waals surface area contributed by atoms with Gasteiger partial charge >= 0.3 is 5.97 Å². The van der Waals surface area contributed by atoms with Crippen LogP contribution in [0, 0.1) is 5.92 Å². The van der Waals surface area contributed by atoms with Crippen molar-refractivity contribution in [3.05, 3.63) is 0 Å². The second-order valence-corrected chi connectivity index (χ2v) is 3.99. The van der Waals surface area contributed by atoms with E-state index in [1.807, 2.05) is 0 Å². The van der Waals surface area contributed by atoms with E-state index < -0.39 is 24.3 Å². The minimum absolute atomic E-state index is 0.0226. The van der Waals surface area contributed by atoms with Crippen molar-refractivity contribution in [3.63, 3.8) is 0 Å². The van der Waals surface area contributed by atoms with Crippen molar-refractivity contribution in [1.29, 1.82) is 0 Å². The highest BCUT2D eigenvalue weighted by molar-refractivity contribution is 5.86. The van der Waals surface area contributed by atoms with Gasteiger partial charge in [-0.1, -0.05) is 0 Å². The monoisotopic (exact) mass is 245 g/mol. The lowest BCUT2D eigenvalue weighted by Crippen LogP contribution is -2.51. The number of carbonyl (C=O) groups is 2. The van der Waals surface area contributed by atoms with E-state index in [0.29, 0.717) is 0 Å². The molecule has 2 aliphatic heterocycles. The van der Waals surface area contributed by atoms with Gasteiger partial charge in [0, 0.05) is 7.05 Å². The smallest absolute Gasteiger partial charge is 0.307 e. The summed E-state index contributed by atoms with van der Waals surface area (Å²) in [5, 5.41) is 1.07. The molecule has 0 aromatic heterocycles. The van der Waals surface area contributed by atoms with Gasteiger partial charge in [0.05, 0.1) is 19.4 Å². The van der Waals surface area contributed by atoms with E-state index in [1.165, 1.54) is 14.2 Å². The summed E-state index contributed by atoms with van der Waals surface area (Å²) in [5.74, 6) is -1.37. The molecule has 2 saturated heterocycles. The number of hydrogen-bond acceptors (Lipinski definition) is 6. The zero-order valence-electron chi connectivity index (χ0n) is 9.91. The van der Waals surface area contributed by atoms with Gasteiger partial charge in [0.1, 0.15) is 0 Å². The summed E-state index contributed by atoms with van der Waals surface area (Å²) in [5.41, 5.74) is 0. The Balaban J connectivity index is 2.03. The fourth-order valence-corrected chi connectivity index (χ4v) is 1.92. The minimum Gasteiger partial charge on any atom is -0.456 e. The molecular weight excluding hydrogens is 230 g/mol. The Morgan fingerprint density at radius 2 is 2.12 bits per heavy atom. The van der Waals surface area contributed by atoms with Gasteiger partial charge in [0.15, 0.2) is 12.4 Å². The number of amides is 1. The third-order valence-corrected chi connectivity index (χ3v) is 2.87. The van der Waals surface area contributed by atoms with E-state index in [4.69, 9.17) is 19.0 Å². The van der Waals surface area contributed by atoms with Gasteiger partial charge in [-0.3, -0.25) is 14.4 Å². The largest absolute Gasteiger partial charge is 0.456 e. The van der Waals surface area contributed by atoms with Gasteiger partial charge < -0.3 is 14.2 Å². The Hall–Kier alpha value is -1.18. The summed E-state index contributed by atoms with van der Waals surface area (Å²) in [7, 11) is 2.86. The van der Waals surface area contributed by atoms with Crippen LogP contribution in [0.1, 0.15) is 13.3 Å². The summed E-state index contributed by atoms with van der Waals surface area (Å²) in [4.78, 5) is 28.0. The molecule has 0 N–H and O–H groups in total. The zero-order valence-corrected chi connectivity index (χ0v) is 9.91. The first-order valence-electron chi connectivity index (χ1n) is 5.35. The number of ether oxygens (including phenoxy) is 3. The Morgan fingerprint density at radius 1 is 1.47 bits per heavy atom. The maximum atomic E-state index is 11.9. The maximum absolute atomic E-state index is 11.9. The van der Waals surface area contributed by atoms with Gasteiger partial charge in [-0.25, -0.2) is 5.06 Å². The van der Waals surface area contributed by atoms with Crippen molar-refractivity contribution in [1.82, 2.24) is 5.06 Å². The van der Waals surface area contributed by atoms with Crippen LogP contribution < -0.4 is 0 Å². The Bertz CT molecular complexity index is 327. The topological polar surface area (TPSA) is 74.3 Å². The Kier molecular flexibility index (Phi) is 3.32. The molecule has 2 heterocycles. The fourth-order valence-electron chi connectivity index (χ4n) is 1.92. The molecule has 2 rings (SSSR count). The molecule has 17 heavy (non-hydrogen) atoms. The molecule has 7 heteroatoms. The van der Waals surface area contributed by atoms with Crippen LogP contribution in [0.2, 0.25) is 0 Å². The van der Waals surface area contributed by atoms with E-state index in [0.717, 1.165) is 5.06 Å². The highest BCUT2D eigenvalue weighted by Gasteiger charge is 2.50. The standard InChI is InChI=1S/C10H15NO6/c1-5-15-10(16-5)8-6(4-7(12)17-8)9(13)11(2)14-3/h5-6,8,10H,4H2,1-3H3/t5?,6-,8+,10?/m0/s1. The second-order valence-electron chi connectivity index (χ2n) is 3.99. The normalized spacial score (nSPS) is 36.3. The second kappa shape index (κ2) is 4.59. The third kappa shape index (κ3) is 2.26. The molecule has 96 valence electrons. The predicted octanol–water partition coefficient (Wildman–Crippen LogP) is -0.343. The summed E-state index contributed by atoms with van der Waals surface area (Å²) < 4.78 is 15.6. The van der Waals surface area contributed by atoms with Crippen molar-refractivity contribution < 1.29 is 28.6 Å². The van der Waals surface area contributed by atoms with Crippen LogP contribution >= 0.6 is 0 Å².